The third-order valence-corrected chi connectivity index (χ3v) is 2.70. The molecule has 0 unspecified atom stereocenters. The Morgan fingerprint density at radius 2 is 2.06 bits per heavy atom. The fourth-order valence-electron chi connectivity index (χ4n) is 1.43. The van der Waals surface area contributed by atoms with E-state index in [0.717, 1.165) is 16.6 Å². The van der Waals surface area contributed by atoms with E-state index in [4.69, 9.17) is 5.73 Å². The van der Waals surface area contributed by atoms with Gasteiger partial charge in [-0.05, 0) is 18.2 Å². The topological polar surface area (TPSA) is 77.6 Å². The number of pyridine rings is 2. The molecule has 2 N–H and O–H groups in total. The van der Waals surface area contributed by atoms with Gasteiger partial charge in [0.15, 0.2) is 11.0 Å². The molecular formula is C10H7N5S. The van der Waals surface area contributed by atoms with Gasteiger partial charge >= 0.3 is 0 Å². The lowest BCUT2D eigenvalue weighted by Crippen LogP contribution is -1.88. The van der Waals surface area contributed by atoms with Gasteiger partial charge in [0, 0.05) is 29.3 Å². The summed E-state index contributed by atoms with van der Waals surface area (Å²) in [6, 6.07) is 5.67. The molecule has 3 heterocycles. The summed E-state index contributed by atoms with van der Waals surface area (Å²) in [5, 5.41) is 1.45. The van der Waals surface area contributed by atoms with Crippen LogP contribution in [0.4, 0.5) is 5.13 Å². The number of fused-ring (bicyclic) bond motifs is 1. The Morgan fingerprint density at radius 1 is 1.12 bits per heavy atom. The highest BCUT2D eigenvalue weighted by Crippen LogP contribution is 2.19. The van der Waals surface area contributed by atoms with Crippen LogP contribution in [0, 0.1) is 0 Å². The molecule has 0 saturated heterocycles. The summed E-state index contributed by atoms with van der Waals surface area (Å²) in [5.41, 5.74) is 7.14. The summed E-state index contributed by atoms with van der Waals surface area (Å²) in [7, 11) is 0. The van der Waals surface area contributed by atoms with Crippen LogP contribution in [0.25, 0.3) is 22.4 Å². The second-order valence-electron chi connectivity index (χ2n) is 3.22. The maximum absolute atomic E-state index is 5.54. The van der Waals surface area contributed by atoms with Crippen molar-refractivity contribution in [2.75, 3.05) is 5.73 Å². The summed E-state index contributed by atoms with van der Waals surface area (Å²) in [6.07, 6.45) is 3.48. The molecule has 0 aliphatic heterocycles. The standard InChI is InChI=1S/C10H7N5S/c11-10-14-9(15-16-10)8-2-1-6-5-12-4-3-7(6)13-8/h1-5H,(H2,11,14,15). The van der Waals surface area contributed by atoms with Crippen molar-refractivity contribution in [3.8, 4) is 11.5 Å². The van der Waals surface area contributed by atoms with Gasteiger partial charge in [0.1, 0.15) is 5.69 Å². The number of nitrogens with two attached hydrogens (primary N) is 1. The monoisotopic (exact) mass is 229 g/mol. The van der Waals surface area contributed by atoms with E-state index in [1.165, 1.54) is 11.5 Å². The number of aromatic nitrogens is 4. The van der Waals surface area contributed by atoms with Crippen LogP contribution in [0.1, 0.15) is 0 Å². The molecule has 0 aliphatic carbocycles. The zero-order chi connectivity index (χ0) is 11.0. The van der Waals surface area contributed by atoms with Crippen LogP contribution in [0.5, 0.6) is 0 Å². The smallest absolute Gasteiger partial charge is 0.200 e. The first kappa shape index (κ1) is 9.17. The average molecular weight is 229 g/mol. The van der Waals surface area contributed by atoms with Gasteiger partial charge in [0.25, 0.3) is 0 Å². The molecule has 5 nitrogen and oxygen atoms in total. The highest BCUT2D eigenvalue weighted by molar-refractivity contribution is 7.09. The lowest BCUT2D eigenvalue weighted by molar-refractivity contribution is 1.26. The van der Waals surface area contributed by atoms with Crippen molar-refractivity contribution in [1.82, 2.24) is 19.3 Å². The Bertz CT molecular complexity index is 648. The van der Waals surface area contributed by atoms with Crippen molar-refractivity contribution in [2.45, 2.75) is 0 Å². The van der Waals surface area contributed by atoms with Gasteiger partial charge in [-0.15, -0.1) is 0 Å². The highest BCUT2D eigenvalue weighted by Gasteiger charge is 2.06. The maximum Gasteiger partial charge on any atom is 0.200 e. The molecule has 0 aromatic carbocycles. The van der Waals surface area contributed by atoms with Gasteiger partial charge in [0.05, 0.1) is 5.52 Å². The second-order valence-corrected chi connectivity index (χ2v) is 4.00. The molecule has 0 aliphatic rings. The Labute approximate surface area is 95.2 Å². The van der Waals surface area contributed by atoms with Crippen LogP contribution in [0.15, 0.2) is 30.6 Å². The minimum absolute atomic E-state index is 0.451. The molecule has 0 fully saturated rings. The normalized spacial score (nSPS) is 10.8. The first-order valence-electron chi connectivity index (χ1n) is 4.63. The van der Waals surface area contributed by atoms with Crippen LogP contribution in [0.3, 0.4) is 0 Å². The summed E-state index contributed by atoms with van der Waals surface area (Å²) >= 11 is 1.17. The molecule has 0 atom stereocenters. The number of nitrogens with zero attached hydrogens (tertiary/aromatic N) is 4. The molecule has 16 heavy (non-hydrogen) atoms. The largest absolute Gasteiger partial charge is 0.374 e. The highest BCUT2D eigenvalue weighted by atomic mass is 32.1. The van der Waals surface area contributed by atoms with E-state index < -0.39 is 0 Å². The number of hydrogen-bond acceptors (Lipinski definition) is 6. The minimum Gasteiger partial charge on any atom is -0.374 e. The van der Waals surface area contributed by atoms with Crippen LogP contribution >= 0.6 is 11.5 Å². The van der Waals surface area contributed by atoms with E-state index in [9.17, 15) is 0 Å². The van der Waals surface area contributed by atoms with Gasteiger partial charge in [0.2, 0.25) is 0 Å². The Kier molecular flexibility index (Phi) is 2.00. The van der Waals surface area contributed by atoms with Crippen molar-refractivity contribution in [2.24, 2.45) is 0 Å². The zero-order valence-electron chi connectivity index (χ0n) is 8.16. The van der Waals surface area contributed by atoms with Gasteiger partial charge in [-0.3, -0.25) is 4.98 Å². The van der Waals surface area contributed by atoms with Crippen molar-refractivity contribution in [3.05, 3.63) is 30.6 Å². The van der Waals surface area contributed by atoms with E-state index in [1.54, 1.807) is 12.4 Å². The maximum atomic E-state index is 5.54. The molecule has 0 radical (unpaired) electrons. The molecule has 6 heteroatoms. The van der Waals surface area contributed by atoms with E-state index in [-0.39, 0.29) is 0 Å². The second kappa shape index (κ2) is 3.49. The predicted octanol–water partition coefficient (Wildman–Crippen LogP) is 1.73. The van der Waals surface area contributed by atoms with Crippen LogP contribution in [-0.4, -0.2) is 19.3 Å². The third-order valence-electron chi connectivity index (χ3n) is 2.16. The van der Waals surface area contributed by atoms with Crippen LogP contribution in [0.2, 0.25) is 0 Å². The predicted molar refractivity (Wildman–Crippen MR) is 62.9 cm³/mol. The van der Waals surface area contributed by atoms with Gasteiger partial charge in [-0.1, -0.05) is 0 Å². The molecule has 0 amide bonds. The number of anilines is 1. The van der Waals surface area contributed by atoms with E-state index >= 15 is 0 Å². The summed E-state index contributed by atoms with van der Waals surface area (Å²) in [4.78, 5) is 12.6. The van der Waals surface area contributed by atoms with Gasteiger partial charge < -0.3 is 5.73 Å². The molecule has 78 valence electrons. The number of nitrogen functional groups attached to an aromatic ring is 1. The van der Waals surface area contributed by atoms with E-state index in [1.807, 2.05) is 18.2 Å². The Hall–Kier alpha value is -2.08. The first-order chi connectivity index (χ1) is 7.83. The molecule has 3 rings (SSSR count). The molecule has 0 bridgehead atoms. The minimum atomic E-state index is 0.451. The SMILES string of the molecule is Nc1nc(-c2ccc3cnccc3n2)ns1. The summed E-state index contributed by atoms with van der Waals surface area (Å²) < 4.78 is 4.12. The van der Waals surface area contributed by atoms with Crippen molar-refractivity contribution in [1.29, 1.82) is 0 Å². The Morgan fingerprint density at radius 3 is 2.88 bits per heavy atom. The molecular weight excluding hydrogens is 222 g/mol. The fraction of sp³-hybridized carbons (Fsp3) is 0. The fourth-order valence-corrected chi connectivity index (χ4v) is 1.87. The number of rotatable bonds is 1. The average Bonchev–Trinajstić information content (AvgIpc) is 2.75. The quantitative estimate of drug-likeness (QED) is 0.687. The molecule has 3 aromatic rings. The van der Waals surface area contributed by atoms with Crippen molar-refractivity contribution < 1.29 is 0 Å². The zero-order valence-corrected chi connectivity index (χ0v) is 8.98. The summed E-state index contributed by atoms with van der Waals surface area (Å²) in [5.74, 6) is 0.571. The molecule has 0 spiro atoms. The summed E-state index contributed by atoms with van der Waals surface area (Å²) in [6.45, 7) is 0. The van der Waals surface area contributed by atoms with Crippen molar-refractivity contribution >= 4 is 27.6 Å². The van der Waals surface area contributed by atoms with Crippen molar-refractivity contribution in [3.63, 3.8) is 0 Å². The van der Waals surface area contributed by atoms with Gasteiger partial charge in [-0.25, -0.2) is 4.98 Å². The molecule has 0 saturated carbocycles. The first-order valence-corrected chi connectivity index (χ1v) is 5.40. The lowest BCUT2D eigenvalue weighted by atomic mass is 10.2. The number of hydrogen-bond donors (Lipinski definition) is 1. The van der Waals surface area contributed by atoms with Crippen LogP contribution < -0.4 is 5.73 Å². The van der Waals surface area contributed by atoms with Gasteiger partial charge in [-0.2, -0.15) is 9.36 Å². The molecule has 3 aromatic heterocycles. The van der Waals surface area contributed by atoms with E-state index in [2.05, 4.69) is 19.3 Å². The van der Waals surface area contributed by atoms with E-state index in [0.29, 0.717) is 11.0 Å². The third kappa shape index (κ3) is 1.49. The van der Waals surface area contributed by atoms with Crippen LogP contribution in [-0.2, 0) is 0 Å². The Balaban J connectivity index is 2.18. The lowest BCUT2D eigenvalue weighted by Gasteiger charge is -1.98.